The molecule has 2 rings (SSSR count). The summed E-state index contributed by atoms with van der Waals surface area (Å²) < 4.78 is 32.0. The summed E-state index contributed by atoms with van der Waals surface area (Å²) in [6.45, 7) is 2.67. The fraction of sp³-hybridized carbons (Fsp3) is 0.571. The minimum absolute atomic E-state index is 0.132. The molecule has 6 heteroatoms. The lowest BCUT2D eigenvalue weighted by atomic mass is 9.94. The van der Waals surface area contributed by atoms with Crippen LogP contribution < -0.4 is 10.5 Å². The maximum atomic E-state index is 12.5. The molecule has 2 N–H and O–H groups in total. The van der Waals surface area contributed by atoms with Gasteiger partial charge in [0.15, 0.2) is 0 Å². The normalized spacial score (nSPS) is 16.2. The van der Waals surface area contributed by atoms with Crippen molar-refractivity contribution in [1.29, 1.82) is 0 Å². The molecule has 0 bridgehead atoms. The number of sulfonamides is 1. The average molecular weight is 298 g/mol. The summed E-state index contributed by atoms with van der Waals surface area (Å²) in [6, 6.07) is 5.03. The largest absolute Gasteiger partial charge is 0.494 e. The number of nitrogens with zero attached hydrogens (tertiary/aromatic N) is 1. The first-order chi connectivity index (χ1) is 9.50. The number of rotatable bonds is 6. The quantitative estimate of drug-likeness (QED) is 0.868. The minimum Gasteiger partial charge on any atom is -0.494 e. The molecule has 5 nitrogen and oxygen atoms in total. The van der Waals surface area contributed by atoms with Gasteiger partial charge in [0.1, 0.15) is 5.75 Å². The summed E-state index contributed by atoms with van der Waals surface area (Å²) >= 11 is 0. The Bertz CT molecular complexity index is 568. The fourth-order valence-electron chi connectivity index (χ4n) is 2.28. The summed E-state index contributed by atoms with van der Waals surface area (Å²) in [4.78, 5) is 0.288. The van der Waals surface area contributed by atoms with Crippen LogP contribution in [0.1, 0.15) is 31.7 Å². The lowest BCUT2D eigenvalue weighted by Gasteiger charge is -2.33. The Balaban J connectivity index is 2.31. The second-order valence-electron chi connectivity index (χ2n) is 5.01. The molecular weight excluding hydrogens is 276 g/mol. The first kappa shape index (κ1) is 15.3. The molecule has 20 heavy (non-hydrogen) atoms. The molecule has 1 aromatic carbocycles. The second kappa shape index (κ2) is 6.11. The van der Waals surface area contributed by atoms with Crippen LogP contribution >= 0.6 is 0 Å². The molecule has 0 aliphatic heterocycles. The minimum atomic E-state index is -3.44. The van der Waals surface area contributed by atoms with E-state index in [0.717, 1.165) is 24.8 Å². The molecule has 0 unspecified atom stereocenters. The number of nitrogens with two attached hydrogens (primary N) is 1. The van der Waals surface area contributed by atoms with E-state index in [0.29, 0.717) is 12.4 Å². The maximum Gasteiger partial charge on any atom is 0.243 e. The maximum absolute atomic E-state index is 12.5. The van der Waals surface area contributed by atoms with Gasteiger partial charge >= 0.3 is 0 Å². The molecule has 0 radical (unpaired) electrons. The van der Waals surface area contributed by atoms with Crippen molar-refractivity contribution in [1.82, 2.24) is 4.31 Å². The molecule has 112 valence electrons. The van der Waals surface area contributed by atoms with E-state index in [2.05, 4.69) is 0 Å². The highest BCUT2D eigenvalue weighted by molar-refractivity contribution is 7.89. The van der Waals surface area contributed by atoms with Gasteiger partial charge in [0, 0.05) is 25.2 Å². The second-order valence-corrected chi connectivity index (χ2v) is 7.01. The van der Waals surface area contributed by atoms with Gasteiger partial charge in [-0.15, -0.1) is 0 Å². The molecule has 0 atom stereocenters. The van der Waals surface area contributed by atoms with Crippen molar-refractivity contribution in [2.45, 2.75) is 43.7 Å². The van der Waals surface area contributed by atoms with Gasteiger partial charge in [-0.05, 0) is 38.0 Å². The highest BCUT2D eigenvalue weighted by atomic mass is 32.2. The Hall–Kier alpha value is -1.11. The number of hydrogen-bond donors (Lipinski definition) is 1. The molecule has 0 aromatic heterocycles. The topological polar surface area (TPSA) is 72.6 Å². The predicted octanol–water partition coefficient (Wildman–Crippen LogP) is 1.72. The van der Waals surface area contributed by atoms with E-state index in [-0.39, 0.29) is 17.5 Å². The summed E-state index contributed by atoms with van der Waals surface area (Å²) in [5.41, 5.74) is 6.40. The lowest BCUT2D eigenvalue weighted by Crippen LogP contribution is -2.41. The van der Waals surface area contributed by atoms with E-state index < -0.39 is 10.0 Å². The van der Waals surface area contributed by atoms with Gasteiger partial charge in [-0.25, -0.2) is 8.42 Å². The van der Waals surface area contributed by atoms with Crippen LogP contribution in [-0.4, -0.2) is 32.4 Å². The first-order valence-electron chi connectivity index (χ1n) is 6.94. The van der Waals surface area contributed by atoms with E-state index in [9.17, 15) is 8.42 Å². The van der Waals surface area contributed by atoms with Crippen LogP contribution in [0.15, 0.2) is 23.1 Å². The van der Waals surface area contributed by atoms with Crippen molar-refractivity contribution in [3.8, 4) is 5.75 Å². The van der Waals surface area contributed by atoms with Gasteiger partial charge in [-0.2, -0.15) is 4.31 Å². The predicted molar refractivity (Wildman–Crippen MR) is 78.1 cm³/mol. The SMILES string of the molecule is CCOc1ccc(S(=O)(=O)N(C)C2CCC2)cc1CN. The van der Waals surface area contributed by atoms with Crippen LogP contribution in [0.4, 0.5) is 0 Å². The van der Waals surface area contributed by atoms with Crippen LogP contribution in [0.2, 0.25) is 0 Å². The molecule has 1 aromatic rings. The van der Waals surface area contributed by atoms with E-state index in [1.165, 1.54) is 4.31 Å². The summed E-state index contributed by atoms with van der Waals surface area (Å²) in [7, 11) is -1.79. The van der Waals surface area contributed by atoms with Crippen LogP contribution in [0.3, 0.4) is 0 Å². The molecule has 0 saturated heterocycles. The Morgan fingerprint density at radius 2 is 2.10 bits per heavy atom. The zero-order valence-electron chi connectivity index (χ0n) is 12.0. The fourth-order valence-corrected chi connectivity index (χ4v) is 3.75. The highest BCUT2D eigenvalue weighted by Crippen LogP contribution is 2.30. The monoisotopic (exact) mass is 298 g/mol. The Kier molecular flexibility index (Phi) is 4.67. The van der Waals surface area contributed by atoms with E-state index in [4.69, 9.17) is 10.5 Å². The lowest BCUT2D eigenvalue weighted by molar-refractivity contribution is 0.249. The Morgan fingerprint density at radius 1 is 1.40 bits per heavy atom. The number of ether oxygens (including phenoxy) is 1. The van der Waals surface area contributed by atoms with Crippen LogP contribution in [0, 0.1) is 0 Å². The third kappa shape index (κ3) is 2.82. The zero-order chi connectivity index (χ0) is 14.8. The van der Waals surface area contributed by atoms with Crippen LogP contribution in [0.5, 0.6) is 5.75 Å². The van der Waals surface area contributed by atoms with Gasteiger partial charge in [0.05, 0.1) is 11.5 Å². The van der Waals surface area contributed by atoms with Gasteiger partial charge in [0.25, 0.3) is 0 Å². The van der Waals surface area contributed by atoms with Gasteiger partial charge in [0.2, 0.25) is 10.0 Å². The van der Waals surface area contributed by atoms with Crippen molar-refractivity contribution in [3.63, 3.8) is 0 Å². The van der Waals surface area contributed by atoms with Gasteiger partial charge in [-0.3, -0.25) is 0 Å². The van der Waals surface area contributed by atoms with Gasteiger partial charge < -0.3 is 10.5 Å². The molecule has 1 fully saturated rings. The average Bonchev–Trinajstić information content (AvgIpc) is 2.37. The Labute approximate surface area is 120 Å². The van der Waals surface area contributed by atoms with Crippen molar-refractivity contribution in [3.05, 3.63) is 23.8 Å². The molecule has 1 saturated carbocycles. The van der Waals surface area contributed by atoms with E-state index in [1.807, 2.05) is 6.92 Å². The van der Waals surface area contributed by atoms with E-state index in [1.54, 1.807) is 25.2 Å². The Morgan fingerprint density at radius 3 is 2.60 bits per heavy atom. The summed E-state index contributed by atoms with van der Waals surface area (Å²) in [6.07, 6.45) is 2.98. The highest BCUT2D eigenvalue weighted by Gasteiger charge is 2.32. The zero-order valence-corrected chi connectivity index (χ0v) is 12.8. The third-order valence-electron chi connectivity index (χ3n) is 3.82. The van der Waals surface area contributed by atoms with Crippen LogP contribution in [-0.2, 0) is 16.6 Å². The summed E-state index contributed by atoms with van der Waals surface area (Å²) in [5.74, 6) is 0.653. The summed E-state index contributed by atoms with van der Waals surface area (Å²) in [5, 5.41) is 0. The van der Waals surface area contributed by atoms with Gasteiger partial charge in [-0.1, -0.05) is 6.42 Å². The standard InChI is InChI=1S/C14H22N2O3S/c1-3-19-14-8-7-13(9-11(14)10-15)20(17,18)16(2)12-5-4-6-12/h7-9,12H,3-6,10,15H2,1-2H3. The molecule has 0 spiro atoms. The molecule has 1 aliphatic carbocycles. The van der Waals surface area contributed by atoms with Crippen molar-refractivity contribution >= 4 is 10.0 Å². The third-order valence-corrected chi connectivity index (χ3v) is 5.72. The van der Waals surface area contributed by atoms with Crippen molar-refractivity contribution in [2.75, 3.05) is 13.7 Å². The number of hydrogen-bond acceptors (Lipinski definition) is 4. The van der Waals surface area contributed by atoms with Crippen molar-refractivity contribution < 1.29 is 13.2 Å². The first-order valence-corrected chi connectivity index (χ1v) is 8.38. The molecular formula is C14H22N2O3S. The molecule has 0 heterocycles. The number of benzene rings is 1. The molecule has 1 aliphatic rings. The van der Waals surface area contributed by atoms with E-state index >= 15 is 0 Å². The molecule has 0 amide bonds. The van der Waals surface area contributed by atoms with Crippen LogP contribution in [0.25, 0.3) is 0 Å². The smallest absolute Gasteiger partial charge is 0.243 e. The van der Waals surface area contributed by atoms with Crippen molar-refractivity contribution in [2.24, 2.45) is 5.73 Å².